The summed E-state index contributed by atoms with van der Waals surface area (Å²) in [5.41, 5.74) is 3.76. The Morgan fingerprint density at radius 3 is 2.89 bits per heavy atom. The quantitative estimate of drug-likeness (QED) is 0.216. The van der Waals surface area contributed by atoms with Crippen LogP contribution in [0.3, 0.4) is 0 Å². The first-order valence-corrected chi connectivity index (χ1v) is 10.5. The molecule has 3 N–H and O–H groups in total. The van der Waals surface area contributed by atoms with Crippen molar-refractivity contribution in [2.45, 2.75) is 71.5 Å². The fourth-order valence-electron chi connectivity index (χ4n) is 4.23. The lowest BCUT2D eigenvalue weighted by Crippen LogP contribution is -2.28. The van der Waals surface area contributed by atoms with Crippen LogP contribution in [0.4, 0.5) is 0 Å². The zero-order chi connectivity index (χ0) is 20.7. The van der Waals surface area contributed by atoms with Gasteiger partial charge in [0.05, 0.1) is 32.3 Å². The number of rotatable bonds is 11. The van der Waals surface area contributed by atoms with Gasteiger partial charge in [0, 0.05) is 11.6 Å². The second-order valence-corrected chi connectivity index (χ2v) is 8.81. The van der Waals surface area contributed by atoms with Crippen molar-refractivity contribution >= 4 is 5.97 Å². The third kappa shape index (κ3) is 6.06. The Balaban J connectivity index is 1.89. The summed E-state index contributed by atoms with van der Waals surface area (Å²) >= 11 is 0. The van der Waals surface area contributed by atoms with Gasteiger partial charge in [-0.15, -0.1) is 0 Å². The van der Waals surface area contributed by atoms with Crippen LogP contribution in [0, 0.1) is 23.2 Å². The lowest BCUT2D eigenvalue weighted by molar-refractivity contribution is -0.142. The minimum atomic E-state index is -0.519. The van der Waals surface area contributed by atoms with Gasteiger partial charge in [-0.1, -0.05) is 51.8 Å². The van der Waals surface area contributed by atoms with Crippen molar-refractivity contribution in [3.8, 4) is 0 Å². The number of hydrogen-bond acceptors (Lipinski definition) is 6. The molecule has 28 heavy (non-hydrogen) atoms. The fraction of sp³-hybridized carbons (Fsp3) is 0.773. The highest BCUT2D eigenvalue weighted by Crippen LogP contribution is 2.46. The van der Waals surface area contributed by atoms with E-state index in [1.165, 1.54) is 7.11 Å². The van der Waals surface area contributed by atoms with Crippen LogP contribution in [0.1, 0.15) is 59.3 Å². The SMILES string of the molecule is CCCCC(C)(C)C(O)C=C[C@H]1[C@@H]2C=C(NOCCC(=O)OC)C[C@H]2C[C@@H]1O. The molecule has 0 aromatic heterocycles. The fourth-order valence-corrected chi connectivity index (χ4v) is 4.23. The van der Waals surface area contributed by atoms with E-state index in [4.69, 9.17) is 4.84 Å². The largest absolute Gasteiger partial charge is 0.469 e. The summed E-state index contributed by atoms with van der Waals surface area (Å²) < 4.78 is 4.58. The minimum absolute atomic E-state index is 0.0102. The van der Waals surface area contributed by atoms with Crippen LogP contribution in [0.15, 0.2) is 23.9 Å². The highest BCUT2D eigenvalue weighted by molar-refractivity contribution is 5.69. The summed E-state index contributed by atoms with van der Waals surface area (Å²) in [6.45, 7) is 6.60. The number of allylic oxidation sites excluding steroid dienone is 2. The Kier molecular flexibility index (Phi) is 8.53. The number of aliphatic hydroxyl groups excluding tert-OH is 2. The first-order chi connectivity index (χ1) is 13.3. The molecule has 6 nitrogen and oxygen atoms in total. The molecule has 1 fully saturated rings. The van der Waals surface area contributed by atoms with Crippen molar-refractivity contribution in [1.82, 2.24) is 5.48 Å². The first-order valence-electron chi connectivity index (χ1n) is 10.5. The van der Waals surface area contributed by atoms with E-state index in [0.717, 1.165) is 37.8 Å². The molecule has 6 heteroatoms. The van der Waals surface area contributed by atoms with Crippen LogP contribution < -0.4 is 5.48 Å². The molecule has 160 valence electrons. The number of nitrogens with one attached hydrogen (secondary N) is 1. The highest BCUT2D eigenvalue weighted by atomic mass is 16.6. The Morgan fingerprint density at radius 2 is 2.21 bits per heavy atom. The Hall–Kier alpha value is -1.37. The maximum atomic E-state index is 11.1. The van der Waals surface area contributed by atoms with Gasteiger partial charge in [-0.3, -0.25) is 15.1 Å². The van der Waals surface area contributed by atoms with Crippen LogP contribution in [-0.2, 0) is 14.4 Å². The molecule has 2 aliphatic rings. The molecule has 2 rings (SSSR count). The summed E-state index contributed by atoms with van der Waals surface area (Å²) in [6.07, 6.45) is 10.1. The third-order valence-corrected chi connectivity index (χ3v) is 6.18. The normalized spacial score (nSPS) is 28.3. The van der Waals surface area contributed by atoms with Crippen LogP contribution in [0.5, 0.6) is 0 Å². The second-order valence-electron chi connectivity index (χ2n) is 8.81. The van der Waals surface area contributed by atoms with Crippen LogP contribution in [0.25, 0.3) is 0 Å². The van der Waals surface area contributed by atoms with E-state index in [9.17, 15) is 15.0 Å². The third-order valence-electron chi connectivity index (χ3n) is 6.18. The van der Waals surface area contributed by atoms with Crippen molar-refractivity contribution < 1.29 is 24.6 Å². The number of hydroxylamine groups is 1. The average molecular weight is 396 g/mol. The molecule has 0 saturated heterocycles. The van der Waals surface area contributed by atoms with E-state index in [2.05, 4.69) is 37.1 Å². The van der Waals surface area contributed by atoms with Gasteiger partial charge in [0.1, 0.15) is 0 Å². The average Bonchev–Trinajstić information content (AvgIpc) is 3.17. The van der Waals surface area contributed by atoms with E-state index in [1.54, 1.807) is 0 Å². The van der Waals surface area contributed by atoms with Crippen LogP contribution in [-0.4, -0.2) is 42.1 Å². The predicted molar refractivity (Wildman–Crippen MR) is 108 cm³/mol. The monoisotopic (exact) mass is 395 g/mol. The van der Waals surface area contributed by atoms with Crippen molar-refractivity contribution in [3.05, 3.63) is 23.9 Å². The van der Waals surface area contributed by atoms with Gasteiger partial charge in [0.25, 0.3) is 0 Å². The summed E-state index contributed by atoms with van der Waals surface area (Å²) in [5.74, 6) is 0.328. The van der Waals surface area contributed by atoms with Gasteiger partial charge in [-0.2, -0.15) is 0 Å². The molecule has 0 aromatic rings. The lowest BCUT2D eigenvalue weighted by Gasteiger charge is -2.29. The number of hydrogen-bond donors (Lipinski definition) is 3. The van der Waals surface area contributed by atoms with Gasteiger partial charge in [-0.25, -0.2) is 0 Å². The number of aliphatic hydroxyl groups is 2. The summed E-state index contributed by atoms with van der Waals surface area (Å²) in [4.78, 5) is 16.5. The minimum Gasteiger partial charge on any atom is -0.469 e. The van der Waals surface area contributed by atoms with E-state index in [1.807, 2.05) is 12.2 Å². The smallest absolute Gasteiger partial charge is 0.307 e. The van der Waals surface area contributed by atoms with Crippen molar-refractivity contribution in [2.24, 2.45) is 23.2 Å². The topological polar surface area (TPSA) is 88.0 Å². The molecule has 0 radical (unpaired) electrons. The molecule has 1 unspecified atom stereocenters. The first kappa shape index (κ1) is 22.9. The summed E-state index contributed by atoms with van der Waals surface area (Å²) in [7, 11) is 1.36. The number of ether oxygens (including phenoxy) is 1. The molecule has 0 aromatic carbocycles. The van der Waals surface area contributed by atoms with Gasteiger partial charge in [0.15, 0.2) is 0 Å². The van der Waals surface area contributed by atoms with Crippen molar-refractivity contribution in [2.75, 3.05) is 13.7 Å². The maximum Gasteiger partial charge on any atom is 0.307 e. The summed E-state index contributed by atoms with van der Waals surface area (Å²) in [5, 5.41) is 21.1. The number of methoxy groups -OCH3 is 1. The standard InChI is InChI=1S/C22H37NO5/c1-5-6-10-22(2,3)20(25)8-7-17-18-14-16(12-15(18)13-19(17)24)23-28-11-9-21(26)27-4/h7-8,14-15,17-20,23-25H,5-6,9-13H2,1-4H3/t15-,17-,18+,19-,20?/m0/s1. The molecule has 0 bridgehead atoms. The molecule has 1 saturated carbocycles. The number of carbonyl (C=O) groups is 1. The Labute approximate surface area is 168 Å². The molecular formula is C22H37NO5. The van der Waals surface area contributed by atoms with Crippen LogP contribution >= 0.6 is 0 Å². The molecule has 0 heterocycles. The van der Waals surface area contributed by atoms with E-state index in [0.29, 0.717) is 5.92 Å². The Morgan fingerprint density at radius 1 is 1.46 bits per heavy atom. The number of unbranched alkanes of at least 4 members (excludes halogenated alkanes) is 1. The molecule has 0 amide bonds. The zero-order valence-electron chi connectivity index (χ0n) is 17.7. The number of carbonyl (C=O) groups excluding carboxylic acids is 1. The highest BCUT2D eigenvalue weighted by Gasteiger charge is 2.43. The predicted octanol–water partition coefficient (Wildman–Crippen LogP) is 3.11. The van der Waals surface area contributed by atoms with Crippen molar-refractivity contribution in [3.63, 3.8) is 0 Å². The second kappa shape index (κ2) is 10.4. The van der Waals surface area contributed by atoms with Crippen molar-refractivity contribution in [1.29, 1.82) is 0 Å². The number of fused-ring (bicyclic) bond motifs is 1. The van der Waals surface area contributed by atoms with Gasteiger partial charge < -0.3 is 14.9 Å². The molecule has 5 atom stereocenters. The lowest BCUT2D eigenvalue weighted by atomic mass is 9.80. The number of esters is 1. The van der Waals surface area contributed by atoms with Gasteiger partial charge >= 0.3 is 5.97 Å². The van der Waals surface area contributed by atoms with Crippen LogP contribution in [0.2, 0.25) is 0 Å². The van der Waals surface area contributed by atoms with E-state index >= 15 is 0 Å². The maximum absolute atomic E-state index is 11.1. The molecule has 2 aliphatic carbocycles. The molecule has 0 spiro atoms. The summed E-state index contributed by atoms with van der Waals surface area (Å²) in [6, 6.07) is 0. The van der Waals surface area contributed by atoms with Gasteiger partial charge in [0.2, 0.25) is 0 Å². The zero-order valence-corrected chi connectivity index (χ0v) is 17.7. The van der Waals surface area contributed by atoms with E-state index in [-0.39, 0.29) is 42.4 Å². The molecular weight excluding hydrogens is 358 g/mol. The van der Waals surface area contributed by atoms with Gasteiger partial charge in [-0.05, 0) is 36.5 Å². The Bertz CT molecular complexity index is 571. The molecule has 0 aliphatic heterocycles. The van der Waals surface area contributed by atoms with E-state index < -0.39 is 6.10 Å².